The van der Waals surface area contributed by atoms with Crippen molar-refractivity contribution in [3.63, 3.8) is 0 Å². The molecule has 1 aliphatic rings. The molecule has 2 rings (SSSR count). The Morgan fingerprint density at radius 1 is 1.43 bits per heavy atom. The third kappa shape index (κ3) is 4.53. The Labute approximate surface area is 134 Å². The number of piperidine rings is 1. The standard InChI is InChI=1S/C16H23BrN2O2/c1-2-9-19(14-5-7-18-8-6-14)11-13-4-3-12(16(20)21)10-15(13)17/h3-4,10,14,18H,2,5-9,11H2,1H3,(H,20,21). The number of carboxylic acids is 1. The van der Waals surface area contributed by atoms with Crippen LogP contribution in [0.4, 0.5) is 0 Å². The number of hydrogen-bond donors (Lipinski definition) is 2. The molecule has 0 aromatic heterocycles. The predicted molar refractivity (Wildman–Crippen MR) is 87.7 cm³/mol. The Morgan fingerprint density at radius 3 is 2.71 bits per heavy atom. The Balaban J connectivity index is 2.10. The SMILES string of the molecule is CCCN(Cc1ccc(C(=O)O)cc1Br)C1CCNCC1. The maximum atomic E-state index is 11.0. The minimum Gasteiger partial charge on any atom is -0.478 e. The number of carboxylic acid groups (broad SMARTS) is 1. The summed E-state index contributed by atoms with van der Waals surface area (Å²) in [5.74, 6) is -0.883. The molecular weight excluding hydrogens is 332 g/mol. The smallest absolute Gasteiger partial charge is 0.335 e. The van der Waals surface area contributed by atoms with E-state index in [4.69, 9.17) is 5.11 Å². The van der Waals surface area contributed by atoms with E-state index in [1.807, 2.05) is 6.07 Å². The minimum absolute atomic E-state index is 0.328. The Morgan fingerprint density at radius 2 is 2.14 bits per heavy atom. The van der Waals surface area contributed by atoms with Gasteiger partial charge < -0.3 is 10.4 Å². The van der Waals surface area contributed by atoms with Crippen LogP contribution in [0.25, 0.3) is 0 Å². The van der Waals surface area contributed by atoms with E-state index < -0.39 is 5.97 Å². The lowest BCUT2D eigenvalue weighted by Gasteiger charge is -2.34. The maximum Gasteiger partial charge on any atom is 0.335 e. The first-order chi connectivity index (χ1) is 10.1. The van der Waals surface area contributed by atoms with Crippen molar-refractivity contribution in [2.45, 2.75) is 38.8 Å². The lowest BCUT2D eigenvalue weighted by Crippen LogP contribution is -2.43. The van der Waals surface area contributed by atoms with E-state index in [-0.39, 0.29) is 0 Å². The normalized spacial score (nSPS) is 16.3. The summed E-state index contributed by atoms with van der Waals surface area (Å²) in [5, 5.41) is 12.4. The molecule has 4 nitrogen and oxygen atoms in total. The number of halogens is 1. The fourth-order valence-electron chi connectivity index (χ4n) is 2.88. The molecule has 5 heteroatoms. The van der Waals surface area contributed by atoms with Crippen LogP contribution in [0.15, 0.2) is 22.7 Å². The van der Waals surface area contributed by atoms with E-state index in [1.165, 1.54) is 12.8 Å². The van der Waals surface area contributed by atoms with Gasteiger partial charge in [-0.3, -0.25) is 4.90 Å². The summed E-state index contributed by atoms with van der Waals surface area (Å²) in [6.45, 7) is 6.33. The molecule has 2 N–H and O–H groups in total. The van der Waals surface area contributed by atoms with Gasteiger partial charge in [0.1, 0.15) is 0 Å². The second-order valence-corrected chi connectivity index (χ2v) is 6.42. The molecule has 1 aromatic rings. The van der Waals surface area contributed by atoms with E-state index >= 15 is 0 Å². The highest BCUT2D eigenvalue weighted by molar-refractivity contribution is 9.10. The molecule has 0 unspecified atom stereocenters. The molecule has 1 saturated heterocycles. The summed E-state index contributed by atoms with van der Waals surface area (Å²) in [7, 11) is 0. The average molecular weight is 355 g/mol. The quantitative estimate of drug-likeness (QED) is 0.823. The number of carbonyl (C=O) groups is 1. The molecule has 0 amide bonds. The molecule has 21 heavy (non-hydrogen) atoms. The topological polar surface area (TPSA) is 52.6 Å². The second-order valence-electron chi connectivity index (χ2n) is 5.56. The van der Waals surface area contributed by atoms with Crippen LogP contribution in [0.2, 0.25) is 0 Å². The molecule has 0 radical (unpaired) electrons. The van der Waals surface area contributed by atoms with E-state index in [9.17, 15) is 4.79 Å². The predicted octanol–water partition coefficient (Wildman–Crippen LogP) is 3.11. The Kier molecular flexibility index (Phi) is 6.21. The zero-order valence-electron chi connectivity index (χ0n) is 12.4. The van der Waals surface area contributed by atoms with E-state index in [1.54, 1.807) is 12.1 Å². The highest BCUT2D eigenvalue weighted by Crippen LogP contribution is 2.23. The highest BCUT2D eigenvalue weighted by atomic mass is 79.9. The van der Waals surface area contributed by atoms with Crippen molar-refractivity contribution in [1.82, 2.24) is 10.2 Å². The van der Waals surface area contributed by atoms with Crippen LogP contribution in [0, 0.1) is 0 Å². The molecule has 116 valence electrons. The molecular formula is C16H23BrN2O2. The molecule has 1 aromatic carbocycles. The van der Waals surface area contributed by atoms with Gasteiger partial charge in [-0.1, -0.05) is 28.9 Å². The van der Waals surface area contributed by atoms with Crippen molar-refractivity contribution in [2.75, 3.05) is 19.6 Å². The van der Waals surface area contributed by atoms with Gasteiger partial charge in [-0.05, 0) is 56.6 Å². The first kappa shape index (κ1) is 16.5. The summed E-state index contributed by atoms with van der Waals surface area (Å²) in [4.78, 5) is 13.5. The van der Waals surface area contributed by atoms with E-state index in [2.05, 4.69) is 33.1 Å². The summed E-state index contributed by atoms with van der Waals surface area (Å²) >= 11 is 3.52. The summed E-state index contributed by atoms with van der Waals surface area (Å²) in [6, 6.07) is 5.94. The first-order valence-corrected chi connectivity index (χ1v) is 8.37. The number of rotatable bonds is 6. The number of aromatic carboxylic acids is 1. The number of nitrogens with zero attached hydrogens (tertiary/aromatic N) is 1. The van der Waals surface area contributed by atoms with Gasteiger partial charge in [-0.25, -0.2) is 4.79 Å². The van der Waals surface area contributed by atoms with Crippen LogP contribution in [-0.2, 0) is 6.54 Å². The van der Waals surface area contributed by atoms with Crippen molar-refractivity contribution >= 4 is 21.9 Å². The average Bonchev–Trinajstić information content (AvgIpc) is 2.49. The molecule has 0 aliphatic carbocycles. The van der Waals surface area contributed by atoms with Crippen LogP contribution in [0.1, 0.15) is 42.1 Å². The molecule has 1 aliphatic heterocycles. The van der Waals surface area contributed by atoms with Gasteiger partial charge in [-0.15, -0.1) is 0 Å². The van der Waals surface area contributed by atoms with Crippen LogP contribution < -0.4 is 5.32 Å². The fourth-order valence-corrected chi connectivity index (χ4v) is 3.38. The van der Waals surface area contributed by atoms with Gasteiger partial charge in [-0.2, -0.15) is 0 Å². The van der Waals surface area contributed by atoms with Gasteiger partial charge in [0.25, 0.3) is 0 Å². The van der Waals surface area contributed by atoms with Crippen LogP contribution in [0.5, 0.6) is 0 Å². The molecule has 1 fully saturated rings. The lowest BCUT2D eigenvalue weighted by molar-refractivity contribution is 0.0696. The number of nitrogens with one attached hydrogen (secondary N) is 1. The highest BCUT2D eigenvalue weighted by Gasteiger charge is 2.21. The van der Waals surface area contributed by atoms with Gasteiger partial charge in [0, 0.05) is 17.1 Å². The monoisotopic (exact) mass is 354 g/mol. The maximum absolute atomic E-state index is 11.0. The third-order valence-electron chi connectivity index (χ3n) is 4.01. The van der Waals surface area contributed by atoms with Crippen molar-refractivity contribution in [3.8, 4) is 0 Å². The molecule has 0 atom stereocenters. The molecule has 1 heterocycles. The van der Waals surface area contributed by atoms with Crippen molar-refractivity contribution < 1.29 is 9.90 Å². The van der Waals surface area contributed by atoms with Gasteiger partial charge >= 0.3 is 5.97 Å². The largest absolute Gasteiger partial charge is 0.478 e. The van der Waals surface area contributed by atoms with Gasteiger partial charge in [0.15, 0.2) is 0 Å². The summed E-state index contributed by atoms with van der Waals surface area (Å²) < 4.78 is 0.887. The second kappa shape index (κ2) is 7.92. The van der Waals surface area contributed by atoms with Crippen LogP contribution >= 0.6 is 15.9 Å². The fraction of sp³-hybridized carbons (Fsp3) is 0.562. The number of hydrogen-bond acceptors (Lipinski definition) is 3. The summed E-state index contributed by atoms with van der Waals surface area (Å²) in [5.41, 5.74) is 1.49. The Bertz CT molecular complexity index is 487. The zero-order valence-corrected chi connectivity index (χ0v) is 14.0. The number of benzene rings is 1. The van der Waals surface area contributed by atoms with Crippen molar-refractivity contribution in [1.29, 1.82) is 0 Å². The van der Waals surface area contributed by atoms with Gasteiger partial charge in [0.05, 0.1) is 5.56 Å². The van der Waals surface area contributed by atoms with Crippen LogP contribution in [0.3, 0.4) is 0 Å². The minimum atomic E-state index is -0.883. The third-order valence-corrected chi connectivity index (χ3v) is 4.75. The van der Waals surface area contributed by atoms with E-state index in [0.29, 0.717) is 11.6 Å². The Hall–Kier alpha value is -0.910. The van der Waals surface area contributed by atoms with Crippen LogP contribution in [-0.4, -0.2) is 41.7 Å². The lowest BCUT2D eigenvalue weighted by atomic mass is 10.0. The first-order valence-electron chi connectivity index (χ1n) is 7.58. The summed E-state index contributed by atoms with van der Waals surface area (Å²) in [6.07, 6.45) is 3.50. The molecule has 0 spiro atoms. The van der Waals surface area contributed by atoms with Crippen molar-refractivity contribution in [3.05, 3.63) is 33.8 Å². The zero-order chi connectivity index (χ0) is 15.2. The van der Waals surface area contributed by atoms with Gasteiger partial charge in [0.2, 0.25) is 0 Å². The van der Waals surface area contributed by atoms with Crippen molar-refractivity contribution in [2.24, 2.45) is 0 Å². The van der Waals surface area contributed by atoms with E-state index in [0.717, 1.165) is 42.6 Å². The molecule has 0 bridgehead atoms. The molecule has 0 saturated carbocycles.